The average molecular weight is 292 g/mol. The first-order valence-electron chi connectivity index (χ1n) is 6.63. The summed E-state index contributed by atoms with van der Waals surface area (Å²) in [5.41, 5.74) is 0. The molecule has 1 amide bonds. The minimum atomic E-state index is -3.06. The second kappa shape index (κ2) is 7.21. The second-order valence-corrected chi connectivity index (χ2v) is 7.38. The summed E-state index contributed by atoms with van der Waals surface area (Å²) >= 11 is 0. The fourth-order valence-corrected chi connectivity index (χ4v) is 3.14. The van der Waals surface area contributed by atoms with Crippen LogP contribution in [0.15, 0.2) is 0 Å². The zero-order valence-electron chi connectivity index (χ0n) is 11.9. The second-order valence-electron chi connectivity index (χ2n) is 4.98. The van der Waals surface area contributed by atoms with Crippen molar-refractivity contribution < 1.29 is 17.9 Å². The number of amides is 1. The van der Waals surface area contributed by atoms with Gasteiger partial charge in [-0.15, -0.1) is 0 Å². The Morgan fingerprint density at radius 2 is 2.21 bits per heavy atom. The number of carbonyl (C=O) groups excluding carboxylic acids is 1. The molecule has 1 saturated heterocycles. The molecule has 1 heterocycles. The van der Waals surface area contributed by atoms with E-state index >= 15 is 0 Å². The van der Waals surface area contributed by atoms with E-state index in [0.717, 1.165) is 6.54 Å². The van der Waals surface area contributed by atoms with Gasteiger partial charge in [0.05, 0.1) is 19.0 Å². The lowest BCUT2D eigenvalue weighted by Crippen LogP contribution is -2.47. The number of hydrogen-bond donors (Lipinski definition) is 1. The maximum atomic E-state index is 12.1. The van der Waals surface area contributed by atoms with E-state index in [0.29, 0.717) is 19.6 Å². The lowest BCUT2D eigenvalue weighted by Gasteiger charge is -2.28. The van der Waals surface area contributed by atoms with Gasteiger partial charge in [-0.2, -0.15) is 0 Å². The van der Waals surface area contributed by atoms with Crippen LogP contribution in [0.4, 0.5) is 0 Å². The van der Waals surface area contributed by atoms with Crippen molar-refractivity contribution in [2.45, 2.75) is 32.4 Å². The number of nitrogens with zero attached hydrogens (tertiary/aromatic N) is 1. The summed E-state index contributed by atoms with van der Waals surface area (Å²) in [5, 5.41) is 3.21. The predicted octanol–water partition coefficient (Wildman–Crippen LogP) is -0.353. The summed E-state index contributed by atoms with van der Waals surface area (Å²) < 4.78 is 28.4. The molecule has 6 nitrogen and oxygen atoms in total. The topological polar surface area (TPSA) is 75.7 Å². The van der Waals surface area contributed by atoms with E-state index in [1.165, 1.54) is 4.90 Å². The van der Waals surface area contributed by atoms with E-state index in [1.807, 2.05) is 0 Å². The number of rotatable bonds is 6. The number of morpholine rings is 1. The van der Waals surface area contributed by atoms with E-state index in [2.05, 4.69) is 5.32 Å². The Labute approximate surface area is 115 Å². The van der Waals surface area contributed by atoms with Crippen LogP contribution in [0.2, 0.25) is 0 Å². The van der Waals surface area contributed by atoms with Gasteiger partial charge in [0.15, 0.2) is 9.84 Å². The standard InChI is InChI=1S/C12H24N2O4S/c1-4-19(16,17)9-10(2)14(3)12(15)7-11-8-18-6-5-13-11/h10-11,13H,4-9H2,1-3H3. The molecular weight excluding hydrogens is 268 g/mol. The van der Waals surface area contributed by atoms with Gasteiger partial charge in [0.25, 0.3) is 0 Å². The molecule has 0 saturated carbocycles. The molecule has 0 aliphatic carbocycles. The molecule has 1 N–H and O–H groups in total. The summed E-state index contributed by atoms with van der Waals surface area (Å²) in [7, 11) is -1.41. The third kappa shape index (κ3) is 5.46. The molecule has 2 unspecified atom stereocenters. The molecule has 0 aromatic rings. The van der Waals surface area contributed by atoms with Crippen LogP contribution in [-0.4, -0.2) is 69.6 Å². The summed E-state index contributed by atoms with van der Waals surface area (Å²) in [5.74, 6) is 0.0689. The van der Waals surface area contributed by atoms with E-state index in [9.17, 15) is 13.2 Å². The van der Waals surface area contributed by atoms with Crippen LogP contribution < -0.4 is 5.32 Å². The van der Waals surface area contributed by atoms with Crippen LogP contribution in [0.1, 0.15) is 20.3 Å². The minimum absolute atomic E-state index is 0.0142. The van der Waals surface area contributed by atoms with Gasteiger partial charge < -0.3 is 15.0 Å². The Hall–Kier alpha value is -0.660. The Kier molecular flexibility index (Phi) is 6.22. The van der Waals surface area contributed by atoms with Crippen molar-refractivity contribution in [3.8, 4) is 0 Å². The summed E-state index contributed by atoms with van der Waals surface area (Å²) in [6.45, 7) is 5.33. The lowest BCUT2D eigenvalue weighted by atomic mass is 10.1. The van der Waals surface area contributed by atoms with Gasteiger partial charge in [-0.05, 0) is 6.92 Å². The molecule has 0 bridgehead atoms. The summed E-state index contributed by atoms with van der Waals surface area (Å²) in [6, 6.07) is -0.277. The highest BCUT2D eigenvalue weighted by atomic mass is 32.2. The van der Waals surface area contributed by atoms with Crippen LogP contribution >= 0.6 is 0 Å². The molecule has 1 rings (SSSR count). The summed E-state index contributed by atoms with van der Waals surface area (Å²) in [4.78, 5) is 13.6. The Balaban J connectivity index is 2.46. The first-order valence-corrected chi connectivity index (χ1v) is 8.45. The van der Waals surface area contributed by atoms with E-state index in [-0.39, 0.29) is 29.5 Å². The maximum Gasteiger partial charge on any atom is 0.224 e. The maximum absolute atomic E-state index is 12.1. The monoisotopic (exact) mass is 292 g/mol. The lowest BCUT2D eigenvalue weighted by molar-refractivity contribution is -0.132. The molecule has 2 atom stereocenters. The van der Waals surface area contributed by atoms with Gasteiger partial charge in [-0.1, -0.05) is 6.92 Å². The molecule has 7 heteroatoms. The zero-order valence-corrected chi connectivity index (χ0v) is 12.7. The van der Waals surface area contributed by atoms with Gasteiger partial charge >= 0.3 is 0 Å². The molecule has 112 valence electrons. The van der Waals surface area contributed by atoms with Crippen molar-refractivity contribution in [1.82, 2.24) is 10.2 Å². The van der Waals surface area contributed by atoms with Crippen molar-refractivity contribution >= 4 is 15.7 Å². The normalized spacial score (nSPS) is 21.9. The van der Waals surface area contributed by atoms with Crippen LogP contribution in [0.3, 0.4) is 0 Å². The molecule has 0 aromatic carbocycles. The molecular formula is C12H24N2O4S. The smallest absolute Gasteiger partial charge is 0.224 e. The number of sulfone groups is 1. The third-order valence-electron chi connectivity index (χ3n) is 3.41. The van der Waals surface area contributed by atoms with Crippen LogP contribution in [-0.2, 0) is 19.4 Å². The molecule has 1 fully saturated rings. The highest BCUT2D eigenvalue weighted by Crippen LogP contribution is 2.07. The zero-order chi connectivity index (χ0) is 14.5. The van der Waals surface area contributed by atoms with Gasteiger partial charge in [0.1, 0.15) is 0 Å². The average Bonchev–Trinajstić information content (AvgIpc) is 2.38. The number of hydrogen-bond acceptors (Lipinski definition) is 5. The van der Waals surface area contributed by atoms with E-state index in [1.54, 1.807) is 20.9 Å². The van der Waals surface area contributed by atoms with Crippen molar-refractivity contribution in [2.75, 3.05) is 38.3 Å². The van der Waals surface area contributed by atoms with Crippen molar-refractivity contribution in [1.29, 1.82) is 0 Å². The first-order chi connectivity index (χ1) is 8.85. The largest absolute Gasteiger partial charge is 0.378 e. The molecule has 0 aromatic heterocycles. The Morgan fingerprint density at radius 3 is 2.74 bits per heavy atom. The van der Waals surface area contributed by atoms with Crippen molar-refractivity contribution in [2.24, 2.45) is 0 Å². The van der Waals surface area contributed by atoms with E-state index in [4.69, 9.17) is 4.74 Å². The quantitative estimate of drug-likeness (QED) is 0.724. The molecule has 1 aliphatic rings. The molecule has 19 heavy (non-hydrogen) atoms. The molecule has 0 radical (unpaired) electrons. The van der Waals surface area contributed by atoms with Gasteiger partial charge in [-0.3, -0.25) is 4.79 Å². The first kappa shape index (κ1) is 16.4. The predicted molar refractivity (Wildman–Crippen MR) is 73.8 cm³/mol. The van der Waals surface area contributed by atoms with Crippen molar-refractivity contribution in [3.63, 3.8) is 0 Å². The fourth-order valence-electron chi connectivity index (χ4n) is 1.95. The van der Waals surface area contributed by atoms with Crippen LogP contribution in [0, 0.1) is 0 Å². The summed E-state index contributed by atoms with van der Waals surface area (Å²) in [6.07, 6.45) is 0.340. The highest BCUT2D eigenvalue weighted by Gasteiger charge is 2.24. The fraction of sp³-hybridized carbons (Fsp3) is 0.917. The molecule has 1 aliphatic heterocycles. The number of nitrogens with one attached hydrogen (secondary N) is 1. The van der Waals surface area contributed by atoms with Crippen molar-refractivity contribution in [3.05, 3.63) is 0 Å². The Bertz CT molecular complexity index is 391. The van der Waals surface area contributed by atoms with Gasteiger partial charge in [-0.25, -0.2) is 8.42 Å². The van der Waals surface area contributed by atoms with E-state index < -0.39 is 9.84 Å². The van der Waals surface area contributed by atoms with Gasteiger partial charge in [0.2, 0.25) is 5.91 Å². The number of carbonyl (C=O) groups is 1. The third-order valence-corrected chi connectivity index (χ3v) is 5.28. The SMILES string of the molecule is CCS(=O)(=O)CC(C)N(C)C(=O)CC1COCCN1. The van der Waals surface area contributed by atoms with Crippen LogP contribution in [0.25, 0.3) is 0 Å². The highest BCUT2D eigenvalue weighted by molar-refractivity contribution is 7.91. The van der Waals surface area contributed by atoms with Gasteiger partial charge in [0, 0.05) is 37.8 Å². The number of ether oxygens (including phenoxy) is 1. The molecule has 0 spiro atoms. The Morgan fingerprint density at radius 1 is 1.53 bits per heavy atom. The minimum Gasteiger partial charge on any atom is -0.378 e. The van der Waals surface area contributed by atoms with Crippen LogP contribution in [0.5, 0.6) is 0 Å².